The second-order valence-corrected chi connectivity index (χ2v) is 9.77. The number of nitrogens with zero attached hydrogens (tertiary/aromatic N) is 1. The number of carbonyl (C=O) groups excluding carboxylic acids is 1. The van der Waals surface area contributed by atoms with Crippen molar-refractivity contribution in [2.24, 2.45) is 0 Å². The molecule has 0 unspecified atom stereocenters. The molecule has 0 bridgehead atoms. The number of aryl methyl sites for hydroxylation is 2. The summed E-state index contributed by atoms with van der Waals surface area (Å²) in [7, 11) is -2.64. The molecule has 0 aliphatic carbocycles. The molecule has 0 saturated heterocycles. The van der Waals surface area contributed by atoms with Crippen LogP contribution in [0.1, 0.15) is 18.1 Å². The molecule has 0 saturated carbocycles. The number of benzene rings is 2. The van der Waals surface area contributed by atoms with Crippen LogP contribution < -0.4 is 5.32 Å². The molecular formula is C18H19BrCl2N2O3S. The van der Waals surface area contributed by atoms with Crippen molar-refractivity contribution in [1.29, 1.82) is 0 Å². The van der Waals surface area contributed by atoms with Crippen molar-refractivity contribution >= 4 is 60.7 Å². The van der Waals surface area contributed by atoms with Crippen LogP contribution in [0.2, 0.25) is 10.0 Å². The summed E-state index contributed by atoms with van der Waals surface area (Å²) in [4.78, 5) is 12.3. The molecule has 0 aliphatic rings. The Morgan fingerprint density at radius 3 is 2.52 bits per heavy atom. The molecule has 27 heavy (non-hydrogen) atoms. The van der Waals surface area contributed by atoms with Gasteiger partial charge in [-0.15, -0.1) is 0 Å². The zero-order chi connectivity index (χ0) is 20.4. The van der Waals surface area contributed by atoms with Crippen LogP contribution in [0.5, 0.6) is 0 Å². The van der Waals surface area contributed by atoms with Crippen molar-refractivity contribution < 1.29 is 13.2 Å². The zero-order valence-corrected chi connectivity index (χ0v) is 18.9. The van der Waals surface area contributed by atoms with Crippen molar-refractivity contribution in [2.75, 3.05) is 18.9 Å². The van der Waals surface area contributed by atoms with Gasteiger partial charge in [0.2, 0.25) is 15.9 Å². The molecule has 0 atom stereocenters. The number of rotatable bonds is 6. The quantitative estimate of drug-likeness (QED) is 0.623. The Bertz CT molecular complexity index is 981. The summed E-state index contributed by atoms with van der Waals surface area (Å²) in [6, 6.07) is 7.99. The average Bonchev–Trinajstić information content (AvgIpc) is 2.58. The van der Waals surface area contributed by atoms with E-state index in [1.807, 2.05) is 26.0 Å². The molecule has 1 amide bonds. The molecular weight excluding hydrogens is 475 g/mol. The van der Waals surface area contributed by atoms with Gasteiger partial charge in [-0.2, -0.15) is 4.31 Å². The lowest BCUT2D eigenvalue weighted by atomic mass is 10.1. The Labute approximate surface area is 177 Å². The van der Waals surface area contributed by atoms with Gasteiger partial charge in [-0.3, -0.25) is 4.79 Å². The maximum Gasteiger partial charge on any atom is 0.244 e. The van der Waals surface area contributed by atoms with Gasteiger partial charge in [0.1, 0.15) is 4.90 Å². The van der Waals surface area contributed by atoms with E-state index < -0.39 is 15.9 Å². The Morgan fingerprint density at radius 2 is 1.89 bits per heavy atom. The number of carbonyl (C=O) groups is 1. The van der Waals surface area contributed by atoms with E-state index in [2.05, 4.69) is 21.2 Å². The molecule has 0 aliphatic heterocycles. The summed E-state index contributed by atoms with van der Waals surface area (Å²) in [5, 5.41) is 3.10. The van der Waals surface area contributed by atoms with Crippen molar-refractivity contribution in [3.8, 4) is 0 Å². The number of sulfonamides is 1. The number of anilines is 1. The fourth-order valence-electron chi connectivity index (χ4n) is 2.58. The average molecular weight is 494 g/mol. The first-order valence-corrected chi connectivity index (χ1v) is 11.1. The monoisotopic (exact) mass is 492 g/mol. The first kappa shape index (κ1) is 22.2. The fraction of sp³-hybridized carbons (Fsp3) is 0.278. The number of halogens is 3. The SMILES string of the molecule is CCc1cc(Br)cc(C)c1NC(=O)CN(C)S(=O)(=O)c1cc(Cl)ccc1Cl. The molecule has 2 aromatic carbocycles. The molecule has 0 radical (unpaired) electrons. The fourth-order valence-corrected chi connectivity index (χ4v) is 5.06. The summed E-state index contributed by atoms with van der Waals surface area (Å²) in [5.41, 5.74) is 2.54. The molecule has 0 aromatic heterocycles. The minimum absolute atomic E-state index is 0.0451. The van der Waals surface area contributed by atoms with E-state index in [-0.39, 0.29) is 21.5 Å². The summed E-state index contributed by atoms with van der Waals surface area (Å²) in [6.45, 7) is 3.50. The van der Waals surface area contributed by atoms with Crippen molar-refractivity contribution in [2.45, 2.75) is 25.2 Å². The number of likely N-dealkylation sites (N-methyl/N-ethyl adjacent to an activating group) is 1. The smallest absolute Gasteiger partial charge is 0.244 e. The molecule has 2 rings (SSSR count). The zero-order valence-electron chi connectivity index (χ0n) is 15.0. The highest BCUT2D eigenvalue weighted by atomic mass is 79.9. The normalized spacial score (nSPS) is 11.7. The van der Waals surface area contributed by atoms with E-state index in [0.717, 1.165) is 26.3 Å². The Hall–Kier alpha value is -1.12. The van der Waals surface area contributed by atoms with Gasteiger partial charge in [0.05, 0.1) is 11.6 Å². The summed E-state index contributed by atoms with van der Waals surface area (Å²) >= 11 is 15.3. The van der Waals surface area contributed by atoms with Gasteiger partial charge in [0.15, 0.2) is 0 Å². The maximum atomic E-state index is 12.7. The van der Waals surface area contributed by atoms with Gasteiger partial charge >= 0.3 is 0 Å². The van der Waals surface area contributed by atoms with E-state index >= 15 is 0 Å². The molecule has 9 heteroatoms. The highest BCUT2D eigenvalue weighted by molar-refractivity contribution is 9.10. The summed E-state index contributed by atoms with van der Waals surface area (Å²) < 4.78 is 27.3. The van der Waals surface area contributed by atoms with E-state index in [0.29, 0.717) is 5.69 Å². The summed E-state index contributed by atoms with van der Waals surface area (Å²) in [6.07, 6.45) is 0.724. The van der Waals surface area contributed by atoms with Gasteiger partial charge in [-0.1, -0.05) is 46.1 Å². The molecule has 0 fully saturated rings. The molecule has 2 aromatic rings. The standard InChI is InChI=1S/C18H19BrCl2N2O3S/c1-4-12-8-13(19)7-11(2)18(12)22-17(24)10-23(3)27(25,26)16-9-14(20)5-6-15(16)21/h5-9H,4,10H2,1-3H3,(H,22,24). The van der Waals surface area contributed by atoms with Gasteiger partial charge in [-0.25, -0.2) is 8.42 Å². The van der Waals surface area contributed by atoms with Crippen LogP contribution in [-0.2, 0) is 21.2 Å². The molecule has 0 spiro atoms. The molecule has 1 N–H and O–H groups in total. The molecule has 0 heterocycles. The van der Waals surface area contributed by atoms with Crippen LogP contribution in [0.15, 0.2) is 39.7 Å². The molecule has 146 valence electrons. The predicted molar refractivity (Wildman–Crippen MR) is 113 cm³/mol. The van der Waals surface area contributed by atoms with E-state index in [1.165, 1.54) is 25.2 Å². The first-order valence-electron chi connectivity index (χ1n) is 8.06. The highest BCUT2D eigenvalue weighted by Crippen LogP contribution is 2.28. The number of hydrogen-bond donors (Lipinski definition) is 1. The lowest BCUT2D eigenvalue weighted by Crippen LogP contribution is -2.35. The van der Waals surface area contributed by atoms with Crippen molar-refractivity contribution in [3.63, 3.8) is 0 Å². The minimum Gasteiger partial charge on any atom is -0.324 e. The highest BCUT2D eigenvalue weighted by Gasteiger charge is 2.26. The Morgan fingerprint density at radius 1 is 1.22 bits per heavy atom. The third kappa shape index (κ3) is 5.23. The third-order valence-electron chi connectivity index (χ3n) is 3.98. The largest absolute Gasteiger partial charge is 0.324 e. The van der Waals surface area contributed by atoms with Crippen molar-refractivity contribution in [3.05, 3.63) is 56.0 Å². The molecule has 5 nitrogen and oxygen atoms in total. The third-order valence-corrected chi connectivity index (χ3v) is 6.95. The van der Waals surface area contributed by atoms with Crippen LogP contribution >= 0.6 is 39.1 Å². The topological polar surface area (TPSA) is 66.5 Å². The van der Waals surface area contributed by atoms with Gasteiger partial charge in [0.25, 0.3) is 0 Å². The predicted octanol–water partition coefficient (Wildman–Crippen LogP) is 4.89. The van der Waals surface area contributed by atoms with E-state index in [9.17, 15) is 13.2 Å². The second-order valence-electron chi connectivity index (χ2n) is 5.99. The van der Waals surface area contributed by atoms with Crippen molar-refractivity contribution in [1.82, 2.24) is 4.31 Å². The number of hydrogen-bond acceptors (Lipinski definition) is 3. The van der Waals surface area contributed by atoms with E-state index in [1.54, 1.807) is 0 Å². The van der Waals surface area contributed by atoms with Crippen LogP contribution in [-0.4, -0.2) is 32.2 Å². The Kier molecular flexibility index (Phi) is 7.33. The second kappa shape index (κ2) is 8.92. The summed E-state index contributed by atoms with van der Waals surface area (Å²) in [5.74, 6) is -0.445. The minimum atomic E-state index is -3.96. The van der Waals surface area contributed by atoms with Crippen LogP contribution in [0, 0.1) is 6.92 Å². The van der Waals surface area contributed by atoms with Crippen LogP contribution in [0.4, 0.5) is 5.69 Å². The first-order chi connectivity index (χ1) is 12.6. The van der Waals surface area contributed by atoms with Crippen LogP contribution in [0.3, 0.4) is 0 Å². The lowest BCUT2D eigenvalue weighted by Gasteiger charge is -2.19. The van der Waals surface area contributed by atoms with Crippen LogP contribution in [0.25, 0.3) is 0 Å². The van der Waals surface area contributed by atoms with E-state index in [4.69, 9.17) is 23.2 Å². The Balaban J connectivity index is 2.22. The lowest BCUT2D eigenvalue weighted by molar-refractivity contribution is -0.116. The van der Waals surface area contributed by atoms with Gasteiger partial charge < -0.3 is 5.32 Å². The van der Waals surface area contributed by atoms with Gasteiger partial charge in [-0.05, 0) is 54.8 Å². The van der Waals surface area contributed by atoms with Gasteiger partial charge in [0, 0.05) is 22.2 Å². The number of nitrogens with one attached hydrogen (secondary N) is 1. The number of amides is 1. The maximum absolute atomic E-state index is 12.7.